The van der Waals surface area contributed by atoms with E-state index in [1.165, 1.54) is 12.0 Å². The van der Waals surface area contributed by atoms with Crippen LogP contribution in [0.4, 0.5) is 5.69 Å². The Morgan fingerprint density at radius 3 is 2.48 bits per heavy atom. The molecular formula is C26H33N3O2. The van der Waals surface area contributed by atoms with Crippen LogP contribution in [0.15, 0.2) is 54.6 Å². The van der Waals surface area contributed by atoms with E-state index in [1.807, 2.05) is 24.3 Å². The first-order valence-electron chi connectivity index (χ1n) is 11.4. The van der Waals surface area contributed by atoms with Crippen molar-refractivity contribution in [3.63, 3.8) is 0 Å². The van der Waals surface area contributed by atoms with Crippen molar-refractivity contribution in [3.05, 3.63) is 65.7 Å². The lowest BCUT2D eigenvalue weighted by atomic mass is 9.92. The molecule has 0 aromatic heterocycles. The Kier molecular flexibility index (Phi) is 6.71. The summed E-state index contributed by atoms with van der Waals surface area (Å²) >= 11 is 0. The van der Waals surface area contributed by atoms with Crippen LogP contribution in [0.1, 0.15) is 42.7 Å². The highest BCUT2D eigenvalue weighted by Crippen LogP contribution is 2.33. The predicted molar refractivity (Wildman–Crippen MR) is 124 cm³/mol. The van der Waals surface area contributed by atoms with E-state index in [0.717, 1.165) is 43.7 Å². The third kappa shape index (κ3) is 4.82. The topological polar surface area (TPSA) is 43.9 Å². The summed E-state index contributed by atoms with van der Waals surface area (Å²) in [6.07, 6.45) is 4.53. The van der Waals surface area contributed by atoms with Crippen LogP contribution in [0.3, 0.4) is 0 Å². The molecule has 4 rings (SSSR count). The monoisotopic (exact) mass is 419 g/mol. The molecule has 5 heteroatoms. The van der Waals surface area contributed by atoms with Gasteiger partial charge in [-0.25, -0.2) is 0 Å². The lowest BCUT2D eigenvalue weighted by molar-refractivity contribution is -0.132. The number of benzene rings is 2. The lowest BCUT2D eigenvalue weighted by Gasteiger charge is -2.28. The highest BCUT2D eigenvalue weighted by molar-refractivity contribution is 6.03. The van der Waals surface area contributed by atoms with Gasteiger partial charge in [0.15, 0.2) is 0 Å². The highest BCUT2D eigenvalue weighted by atomic mass is 16.2. The molecule has 0 saturated carbocycles. The van der Waals surface area contributed by atoms with Crippen molar-refractivity contribution in [1.29, 1.82) is 0 Å². The Labute approximate surface area is 185 Å². The molecule has 164 valence electrons. The van der Waals surface area contributed by atoms with Gasteiger partial charge in [0.2, 0.25) is 11.8 Å². The first kappa shape index (κ1) is 21.6. The molecule has 1 fully saturated rings. The minimum Gasteiger partial charge on any atom is -0.347 e. The second kappa shape index (κ2) is 9.65. The Morgan fingerprint density at radius 1 is 0.968 bits per heavy atom. The number of carbonyl (C=O) groups is 2. The van der Waals surface area contributed by atoms with Crippen molar-refractivity contribution in [1.82, 2.24) is 9.80 Å². The quantitative estimate of drug-likeness (QED) is 0.742. The van der Waals surface area contributed by atoms with Crippen LogP contribution in [0.2, 0.25) is 0 Å². The number of para-hydroxylation sites is 1. The maximum atomic E-state index is 13.3. The van der Waals surface area contributed by atoms with Crippen LogP contribution in [0.25, 0.3) is 0 Å². The zero-order valence-corrected chi connectivity index (χ0v) is 18.7. The normalized spacial score (nSPS) is 21.4. The standard InChI is InChI=1S/C26H33N3O2/c1-27(2)26(31)24-19-22-11-6-7-13-23(22)29(24)25(30)15-18-28-16-8-12-21(14-17-28)20-9-4-3-5-10-20/h3-7,9-11,13,21,24H,8,12,14-19H2,1-2H3. The minimum atomic E-state index is -0.425. The molecule has 2 unspecified atom stereocenters. The van der Waals surface area contributed by atoms with E-state index in [2.05, 4.69) is 35.2 Å². The number of hydrogen-bond donors (Lipinski definition) is 0. The number of amides is 2. The van der Waals surface area contributed by atoms with Crippen LogP contribution in [-0.2, 0) is 16.0 Å². The predicted octanol–water partition coefficient (Wildman–Crippen LogP) is 3.69. The molecule has 2 atom stereocenters. The SMILES string of the molecule is CN(C)C(=O)C1Cc2ccccc2N1C(=O)CCN1CCCC(c2ccccc2)CC1. The van der Waals surface area contributed by atoms with Gasteiger partial charge in [0.1, 0.15) is 6.04 Å². The van der Waals surface area contributed by atoms with Gasteiger partial charge in [-0.3, -0.25) is 14.5 Å². The molecule has 31 heavy (non-hydrogen) atoms. The molecular weight excluding hydrogens is 386 g/mol. The van der Waals surface area contributed by atoms with Gasteiger partial charge in [-0.15, -0.1) is 0 Å². The summed E-state index contributed by atoms with van der Waals surface area (Å²) in [5.74, 6) is 0.647. The van der Waals surface area contributed by atoms with Gasteiger partial charge in [0, 0.05) is 39.2 Å². The fourth-order valence-electron chi connectivity index (χ4n) is 5.00. The molecule has 0 N–H and O–H groups in total. The first-order chi connectivity index (χ1) is 15.0. The molecule has 2 aromatic rings. The van der Waals surface area contributed by atoms with Gasteiger partial charge in [0.05, 0.1) is 0 Å². The molecule has 5 nitrogen and oxygen atoms in total. The number of carbonyl (C=O) groups excluding carboxylic acids is 2. The summed E-state index contributed by atoms with van der Waals surface area (Å²) in [5, 5.41) is 0. The van der Waals surface area contributed by atoms with Crippen LogP contribution in [-0.4, -0.2) is 61.4 Å². The van der Waals surface area contributed by atoms with Crippen molar-refractivity contribution in [2.75, 3.05) is 38.6 Å². The number of fused-ring (bicyclic) bond motifs is 1. The van der Waals surface area contributed by atoms with Crippen molar-refractivity contribution >= 4 is 17.5 Å². The summed E-state index contributed by atoms with van der Waals surface area (Å²) in [6, 6.07) is 18.3. The van der Waals surface area contributed by atoms with Gasteiger partial charge in [-0.1, -0.05) is 48.5 Å². The molecule has 2 aliphatic heterocycles. The summed E-state index contributed by atoms with van der Waals surface area (Å²) < 4.78 is 0. The van der Waals surface area contributed by atoms with Crippen molar-refractivity contribution < 1.29 is 9.59 Å². The van der Waals surface area contributed by atoms with Crippen molar-refractivity contribution in [2.45, 2.75) is 44.1 Å². The molecule has 2 heterocycles. The van der Waals surface area contributed by atoms with Crippen molar-refractivity contribution in [2.24, 2.45) is 0 Å². The molecule has 2 aromatic carbocycles. The zero-order chi connectivity index (χ0) is 21.8. The fraction of sp³-hybridized carbons (Fsp3) is 0.462. The number of rotatable bonds is 5. The fourth-order valence-corrected chi connectivity index (χ4v) is 5.00. The van der Waals surface area contributed by atoms with Gasteiger partial charge in [-0.05, 0) is 55.5 Å². The Balaban J connectivity index is 1.39. The van der Waals surface area contributed by atoms with Gasteiger partial charge in [-0.2, -0.15) is 0 Å². The molecule has 0 bridgehead atoms. The second-order valence-electron chi connectivity index (χ2n) is 8.98. The number of anilines is 1. The average molecular weight is 420 g/mol. The molecule has 2 aliphatic rings. The van der Waals surface area contributed by atoms with Crippen LogP contribution < -0.4 is 4.90 Å². The number of nitrogens with zero attached hydrogens (tertiary/aromatic N) is 3. The van der Waals surface area contributed by atoms with E-state index in [0.29, 0.717) is 18.8 Å². The second-order valence-corrected chi connectivity index (χ2v) is 8.98. The Hall–Kier alpha value is -2.66. The average Bonchev–Trinajstić information content (AvgIpc) is 3.01. The summed E-state index contributed by atoms with van der Waals surface area (Å²) in [6.45, 7) is 2.80. The number of likely N-dealkylation sites (tertiary alicyclic amines) is 1. The van der Waals surface area contributed by atoms with E-state index in [4.69, 9.17) is 0 Å². The molecule has 2 amide bonds. The van der Waals surface area contributed by atoms with E-state index >= 15 is 0 Å². The first-order valence-corrected chi connectivity index (χ1v) is 11.4. The third-order valence-corrected chi connectivity index (χ3v) is 6.70. The van der Waals surface area contributed by atoms with Gasteiger partial charge >= 0.3 is 0 Å². The zero-order valence-electron chi connectivity index (χ0n) is 18.7. The molecule has 0 spiro atoms. The number of hydrogen-bond acceptors (Lipinski definition) is 3. The van der Waals surface area contributed by atoms with E-state index in [1.54, 1.807) is 23.9 Å². The van der Waals surface area contributed by atoms with Crippen LogP contribution >= 0.6 is 0 Å². The van der Waals surface area contributed by atoms with Crippen molar-refractivity contribution in [3.8, 4) is 0 Å². The van der Waals surface area contributed by atoms with E-state index in [-0.39, 0.29) is 11.8 Å². The maximum Gasteiger partial charge on any atom is 0.245 e. The summed E-state index contributed by atoms with van der Waals surface area (Å²) in [5.41, 5.74) is 3.41. The molecule has 1 saturated heterocycles. The van der Waals surface area contributed by atoms with Gasteiger partial charge < -0.3 is 9.80 Å². The van der Waals surface area contributed by atoms with Crippen LogP contribution in [0.5, 0.6) is 0 Å². The largest absolute Gasteiger partial charge is 0.347 e. The smallest absolute Gasteiger partial charge is 0.245 e. The molecule has 0 aliphatic carbocycles. The van der Waals surface area contributed by atoms with E-state index in [9.17, 15) is 9.59 Å². The van der Waals surface area contributed by atoms with Crippen LogP contribution in [0, 0.1) is 0 Å². The highest BCUT2D eigenvalue weighted by Gasteiger charge is 2.38. The van der Waals surface area contributed by atoms with Gasteiger partial charge in [0.25, 0.3) is 0 Å². The summed E-state index contributed by atoms with van der Waals surface area (Å²) in [4.78, 5) is 31.8. The maximum absolute atomic E-state index is 13.3. The Bertz CT molecular complexity index is 912. The third-order valence-electron chi connectivity index (χ3n) is 6.70. The molecule has 0 radical (unpaired) electrons. The number of likely N-dealkylation sites (N-methyl/N-ethyl adjacent to an activating group) is 1. The Morgan fingerprint density at radius 2 is 1.71 bits per heavy atom. The summed E-state index contributed by atoms with van der Waals surface area (Å²) in [7, 11) is 3.52. The minimum absolute atomic E-state index is 0.00924. The lowest BCUT2D eigenvalue weighted by Crippen LogP contribution is -2.48. The van der Waals surface area contributed by atoms with E-state index < -0.39 is 6.04 Å².